The summed E-state index contributed by atoms with van der Waals surface area (Å²) < 4.78 is 24.8. The van der Waals surface area contributed by atoms with Gasteiger partial charge >= 0.3 is 0 Å². The molecule has 122 valence electrons. The molecule has 0 aliphatic carbocycles. The van der Waals surface area contributed by atoms with Crippen molar-refractivity contribution in [1.29, 1.82) is 0 Å². The second kappa shape index (κ2) is 6.93. The predicted molar refractivity (Wildman–Crippen MR) is 92.7 cm³/mol. The van der Waals surface area contributed by atoms with E-state index in [9.17, 15) is 18.3 Å². The SMILES string of the molecule is CSc1cccc(NC(=O)c2cc(NS(C)(=O)=O)ccc2O)c1. The third-order valence-corrected chi connectivity index (χ3v) is 4.20. The molecule has 0 saturated carbocycles. The van der Waals surface area contributed by atoms with E-state index < -0.39 is 15.9 Å². The number of phenols is 1. The highest BCUT2D eigenvalue weighted by Gasteiger charge is 2.14. The molecule has 2 rings (SSSR count). The van der Waals surface area contributed by atoms with Gasteiger partial charge in [0.25, 0.3) is 5.91 Å². The van der Waals surface area contributed by atoms with Crippen molar-refractivity contribution in [2.24, 2.45) is 0 Å². The molecule has 1 amide bonds. The molecule has 0 fully saturated rings. The highest BCUT2D eigenvalue weighted by molar-refractivity contribution is 7.98. The van der Waals surface area contributed by atoms with Crippen molar-refractivity contribution in [2.45, 2.75) is 4.90 Å². The number of amides is 1. The normalized spacial score (nSPS) is 11.0. The lowest BCUT2D eigenvalue weighted by atomic mass is 10.1. The van der Waals surface area contributed by atoms with Gasteiger partial charge in [-0.3, -0.25) is 9.52 Å². The Hall–Kier alpha value is -2.19. The molecule has 0 aliphatic rings. The van der Waals surface area contributed by atoms with Crippen LogP contribution in [0.1, 0.15) is 10.4 Å². The van der Waals surface area contributed by atoms with Gasteiger partial charge < -0.3 is 10.4 Å². The number of carbonyl (C=O) groups excluding carboxylic acids is 1. The van der Waals surface area contributed by atoms with Crippen LogP contribution in [0.15, 0.2) is 47.4 Å². The second-order valence-electron chi connectivity index (χ2n) is 4.79. The number of carbonyl (C=O) groups is 1. The van der Waals surface area contributed by atoms with Gasteiger partial charge in [0.1, 0.15) is 5.75 Å². The minimum Gasteiger partial charge on any atom is -0.507 e. The first-order chi connectivity index (χ1) is 10.8. The number of sulfonamides is 1. The number of benzene rings is 2. The predicted octanol–water partition coefficient (Wildman–Crippen LogP) is 2.74. The number of aromatic hydroxyl groups is 1. The van der Waals surface area contributed by atoms with Gasteiger partial charge in [0.2, 0.25) is 10.0 Å². The molecular formula is C15H16N2O4S2. The third kappa shape index (κ3) is 4.90. The molecule has 0 spiro atoms. The molecule has 2 aromatic rings. The maximum Gasteiger partial charge on any atom is 0.259 e. The summed E-state index contributed by atoms with van der Waals surface area (Å²) in [6.45, 7) is 0. The van der Waals surface area contributed by atoms with Crippen molar-refractivity contribution >= 4 is 39.1 Å². The van der Waals surface area contributed by atoms with Crippen LogP contribution in [-0.4, -0.2) is 31.9 Å². The zero-order valence-electron chi connectivity index (χ0n) is 12.5. The van der Waals surface area contributed by atoms with Crippen LogP contribution in [0.2, 0.25) is 0 Å². The van der Waals surface area contributed by atoms with E-state index in [1.165, 1.54) is 18.2 Å². The molecule has 6 nitrogen and oxygen atoms in total. The van der Waals surface area contributed by atoms with E-state index in [0.29, 0.717) is 5.69 Å². The Morgan fingerprint density at radius 1 is 1.13 bits per heavy atom. The van der Waals surface area contributed by atoms with Crippen LogP contribution in [-0.2, 0) is 10.0 Å². The Morgan fingerprint density at radius 3 is 2.52 bits per heavy atom. The Bertz CT molecular complexity index is 835. The molecule has 23 heavy (non-hydrogen) atoms. The summed E-state index contributed by atoms with van der Waals surface area (Å²) in [5.74, 6) is -0.763. The average Bonchev–Trinajstić information content (AvgIpc) is 2.48. The number of rotatable bonds is 5. The zero-order chi connectivity index (χ0) is 17.0. The molecule has 0 heterocycles. The van der Waals surface area contributed by atoms with Crippen molar-refractivity contribution in [3.63, 3.8) is 0 Å². The Balaban J connectivity index is 2.26. The number of nitrogens with one attached hydrogen (secondary N) is 2. The van der Waals surface area contributed by atoms with Crippen molar-refractivity contribution in [2.75, 3.05) is 22.6 Å². The van der Waals surface area contributed by atoms with Gasteiger partial charge in [-0.2, -0.15) is 0 Å². The van der Waals surface area contributed by atoms with Gasteiger partial charge in [-0.1, -0.05) is 6.07 Å². The van der Waals surface area contributed by atoms with Gasteiger partial charge in [0, 0.05) is 16.3 Å². The number of hydrogen-bond donors (Lipinski definition) is 3. The molecule has 0 bridgehead atoms. The Kier molecular flexibility index (Phi) is 5.17. The van der Waals surface area contributed by atoms with E-state index in [2.05, 4.69) is 10.0 Å². The summed E-state index contributed by atoms with van der Waals surface area (Å²) in [6, 6.07) is 11.2. The van der Waals surface area contributed by atoms with E-state index in [1.54, 1.807) is 23.9 Å². The molecule has 8 heteroatoms. The average molecular weight is 352 g/mol. The maximum atomic E-state index is 12.3. The van der Waals surface area contributed by atoms with E-state index >= 15 is 0 Å². The molecular weight excluding hydrogens is 336 g/mol. The fraction of sp³-hybridized carbons (Fsp3) is 0.133. The zero-order valence-corrected chi connectivity index (χ0v) is 14.2. The van der Waals surface area contributed by atoms with Crippen LogP contribution in [0.5, 0.6) is 5.75 Å². The third-order valence-electron chi connectivity index (χ3n) is 2.87. The summed E-state index contributed by atoms with van der Waals surface area (Å²) in [4.78, 5) is 13.3. The first kappa shape index (κ1) is 17.2. The van der Waals surface area contributed by atoms with Crippen LogP contribution >= 0.6 is 11.8 Å². The standard InChI is InChI=1S/C15H16N2O4S2/c1-22-12-5-3-4-10(8-12)16-15(19)13-9-11(6-7-14(13)18)17-23(2,20)21/h3-9,17-18H,1-2H3,(H,16,19). The van der Waals surface area contributed by atoms with Crippen LogP contribution in [0.25, 0.3) is 0 Å². The second-order valence-corrected chi connectivity index (χ2v) is 7.42. The lowest BCUT2D eigenvalue weighted by molar-refractivity contribution is 0.102. The summed E-state index contributed by atoms with van der Waals surface area (Å²) in [6.07, 6.45) is 2.93. The highest BCUT2D eigenvalue weighted by atomic mass is 32.2. The Labute approximate surface area is 139 Å². The van der Waals surface area contributed by atoms with Crippen LogP contribution in [0.3, 0.4) is 0 Å². The summed E-state index contributed by atoms with van der Waals surface area (Å²) in [5.41, 5.74) is 0.768. The van der Waals surface area contributed by atoms with E-state index in [1.807, 2.05) is 18.4 Å². The fourth-order valence-electron chi connectivity index (χ4n) is 1.89. The van der Waals surface area contributed by atoms with E-state index in [0.717, 1.165) is 11.2 Å². The first-order valence-corrected chi connectivity index (χ1v) is 9.66. The topological polar surface area (TPSA) is 95.5 Å². The fourth-order valence-corrected chi connectivity index (χ4v) is 2.91. The van der Waals surface area contributed by atoms with E-state index in [4.69, 9.17) is 0 Å². The molecule has 0 radical (unpaired) electrons. The monoisotopic (exact) mass is 352 g/mol. The van der Waals surface area contributed by atoms with Gasteiger partial charge in [-0.15, -0.1) is 11.8 Å². The summed E-state index contributed by atoms with van der Waals surface area (Å²) in [7, 11) is -3.47. The number of anilines is 2. The van der Waals surface area contributed by atoms with Crippen LogP contribution in [0, 0.1) is 0 Å². The van der Waals surface area contributed by atoms with Crippen molar-refractivity contribution < 1.29 is 18.3 Å². The largest absolute Gasteiger partial charge is 0.507 e. The lowest BCUT2D eigenvalue weighted by Crippen LogP contribution is -2.14. The minimum atomic E-state index is -3.47. The van der Waals surface area contributed by atoms with E-state index in [-0.39, 0.29) is 17.0 Å². The molecule has 3 N–H and O–H groups in total. The van der Waals surface area contributed by atoms with Gasteiger partial charge in [0.15, 0.2) is 0 Å². The van der Waals surface area contributed by atoms with Crippen molar-refractivity contribution in [3.8, 4) is 5.75 Å². The van der Waals surface area contributed by atoms with Gasteiger partial charge in [0.05, 0.1) is 11.8 Å². The maximum absolute atomic E-state index is 12.3. The molecule has 0 unspecified atom stereocenters. The smallest absolute Gasteiger partial charge is 0.259 e. The molecule has 0 atom stereocenters. The molecule has 0 saturated heterocycles. The van der Waals surface area contributed by atoms with Crippen LogP contribution in [0.4, 0.5) is 11.4 Å². The van der Waals surface area contributed by atoms with Gasteiger partial charge in [-0.25, -0.2) is 8.42 Å². The molecule has 0 aromatic heterocycles. The summed E-state index contributed by atoms with van der Waals surface area (Å²) in [5, 5.41) is 12.5. The number of hydrogen-bond acceptors (Lipinski definition) is 5. The van der Waals surface area contributed by atoms with Crippen molar-refractivity contribution in [3.05, 3.63) is 48.0 Å². The molecule has 0 aliphatic heterocycles. The first-order valence-electron chi connectivity index (χ1n) is 6.55. The van der Waals surface area contributed by atoms with Crippen LogP contribution < -0.4 is 10.0 Å². The molecule has 2 aromatic carbocycles. The lowest BCUT2D eigenvalue weighted by Gasteiger charge is -2.10. The van der Waals surface area contributed by atoms with Crippen molar-refractivity contribution in [1.82, 2.24) is 0 Å². The summed E-state index contributed by atoms with van der Waals surface area (Å²) >= 11 is 1.54. The number of thioether (sulfide) groups is 1. The van der Waals surface area contributed by atoms with Gasteiger partial charge in [-0.05, 0) is 42.7 Å². The Morgan fingerprint density at radius 2 is 1.87 bits per heavy atom. The number of phenolic OH excluding ortho intramolecular Hbond substituents is 1. The minimum absolute atomic E-state index is 0.0202. The quantitative estimate of drug-likeness (QED) is 0.568. The highest BCUT2D eigenvalue weighted by Crippen LogP contribution is 2.24.